The van der Waals surface area contributed by atoms with E-state index in [1.165, 1.54) is 0 Å². The average molecular weight is 337 g/mol. The smallest absolute Gasteiger partial charge is 0.324 e. The van der Waals surface area contributed by atoms with Crippen LogP contribution in [0.5, 0.6) is 5.75 Å². The van der Waals surface area contributed by atoms with Gasteiger partial charge in [0.15, 0.2) is 5.75 Å². The number of nitrogens with zero attached hydrogens (tertiary/aromatic N) is 1. The Hall–Kier alpha value is -1.57. The van der Waals surface area contributed by atoms with E-state index in [4.69, 9.17) is 33.0 Å². The Morgan fingerprint density at radius 3 is 2.33 bits per heavy atom. The van der Waals surface area contributed by atoms with Crippen molar-refractivity contribution >= 4 is 34.9 Å². The quantitative estimate of drug-likeness (QED) is 0.586. The molecular weight excluding hydrogens is 323 g/mol. The number of nitro benzene ring substituents is 1. The summed E-state index contributed by atoms with van der Waals surface area (Å²) in [6.07, 6.45) is 0. The van der Waals surface area contributed by atoms with Crippen molar-refractivity contribution in [2.24, 2.45) is 0 Å². The molecule has 0 aliphatic rings. The van der Waals surface area contributed by atoms with Gasteiger partial charge in [-0.15, -0.1) is 0 Å². The number of nitrogens with one attached hydrogen (secondary N) is 1. The first-order valence-corrected chi connectivity index (χ1v) is 6.73. The van der Waals surface area contributed by atoms with Crippen LogP contribution >= 0.6 is 23.2 Å². The summed E-state index contributed by atoms with van der Waals surface area (Å²) >= 11 is 11.7. The molecule has 0 bridgehead atoms. The molecule has 1 aromatic rings. The number of aliphatic carboxylic acids is 1. The first kappa shape index (κ1) is 17.5. The molecule has 1 unspecified atom stereocenters. The van der Waals surface area contributed by atoms with E-state index in [1.54, 1.807) is 13.8 Å². The molecule has 0 fully saturated rings. The number of hydrogen-bond acceptors (Lipinski definition) is 5. The molecule has 21 heavy (non-hydrogen) atoms. The number of hydrogen-bond donors (Lipinski definition) is 2. The maximum absolute atomic E-state index is 11.1. The van der Waals surface area contributed by atoms with Gasteiger partial charge in [0.2, 0.25) is 0 Å². The molecule has 0 amide bonds. The molecule has 0 radical (unpaired) electrons. The number of ether oxygens (including phenoxy) is 1. The molecule has 0 saturated carbocycles. The summed E-state index contributed by atoms with van der Waals surface area (Å²) in [5.74, 6) is -1.07. The SMILES string of the molecule is CC(C)NC(COc1c(Cl)cc([N+](=O)[O-])cc1Cl)C(=O)O. The van der Waals surface area contributed by atoms with Crippen LogP contribution < -0.4 is 10.1 Å². The van der Waals surface area contributed by atoms with Crippen LogP contribution in [0.3, 0.4) is 0 Å². The molecule has 0 heterocycles. The van der Waals surface area contributed by atoms with Gasteiger partial charge in [0.1, 0.15) is 12.6 Å². The molecule has 2 N–H and O–H groups in total. The lowest BCUT2D eigenvalue weighted by Gasteiger charge is -2.18. The fourth-order valence-electron chi connectivity index (χ4n) is 1.55. The molecule has 116 valence electrons. The van der Waals surface area contributed by atoms with Crippen LogP contribution in [0.15, 0.2) is 12.1 Å². The molecule has 9 heteroatoms. The number of carboxylic acid groups (broad SMARTS) is 1. The van der Waals surface area contributed by atoms with Gasteiger partial charge in [-0.2, -0.15) is 0 Å². The number of carboxylic acids is 1. The highest BCUT2D eigenvalue weighted by Crippen LogP contribution is 2.36. The number of benzene rings is 1. The summed E-state index contributed by atoms with van der Waals surface area (Å²) in [6.45, 7) is 3.37. The van der Waals surface area contributed by atoms with Gasteiger partial charge < -0.3 is 9.84 Å². The lowest BCUT2D eigenvalue weighted by Crippen LogP contribution is -2.44. The number of rotatable bonds is 7. The van der Waals surface area contributed by atoms with Gasteiger partial charge in [-0.05, 0) is 0 Å². The van der Waals surface area contributed by atoms with Gasteiger partial charge in [-0.1, -0.05) is 37.0 Å². The number of carbonyl (C=O) groups is 1. The maximum Gasteiger partial charge on any atom is 0.324 e. The van der Waals surface area contributed by atoms with E-state index >= 15 is 0 Å². The zero-order chi connectivity index (χ0) is 16.2. The van der Waals surface area contributed by atoms with Crippen molar-refractivity contribution in [2.45, 2.75) is 25.9 Å². The predicted molar refractivity (Wildman–Crippen MR) is 78.3 cm³/mol. The van der Waals surface area contributed by atoms with Gasteiger partial charge in [0.25, 0.3) is 5.69 Å². The third-order valence-corrected chi connectivity index (χ3v) is 2.98. The van der Waals surface area contributed by atoms with E-state index in [1.807, 2.05) is 0 Å². The largest absolute Gasteiger partial charge is 0.488 e. The molecule has 0 saturated heterocycles. The minimum absolute atomic E-state index is 0.0146. The number of halogens is 2. The first-order chi connectivity index (χ1) is 9.72. The van der Waals surface area contributed by atoms with Crippen molar-refractivity contribution < 1.29 is 19.6 Å². The first-order valence-electron chi connectivity index (χ1n) is 5.97. The second kappa shape index (κ2) is 7.44. The maximum atomic E-state index is 11.1. The molecule has 0 aliphatic carbocycles. The summed E-state index contributed by atoms with van der Waals surface area (Å²) in [5.41, 5.74) is -0.271. The highest BCUT2D eigenvalue weighted by atomic mass is 35.5. The van der Waals surface area contributed by atoms with E-state index in [0.717, 1.165) is 12.1 Å². The molecule has 7 nitrogen and oxygen atoms in total. The van der Waals surface area contributed by atoms with Gasteiger partial charge >= 0.3 is 5.97 Å². The van der Waals surface area contributed by atoms with Gasteiger partial charge in [-0.25, -0.2) is 0 Å². The molecule has 1 aromatic carbocycles. The lowest BCUT2D eigenvalue weighted by molar-refractivity contribution is -0.384. The molecule has 1 atom stereocenters. The van der Waals surface area contributed by atoms with Crippen LogP contribution in [0.4, 0.5) is 5.69 Å². The number of non-ortho nitro benzene ring substituents is 1. The zero-order valence-electron chi connectivity index (χ0n) is 11.3. The molecular formula is C12H14Cl2N2O5. The van der Waals surface area contributed by atoms with Crippen LogP contribution in [0.2, 0.25) is 10.0 Å². The second-order valence-corrected chi connectivity index (χ2v) is 5.33. The Bertz CT molecular complexity index is 527. The van der Waals surface area contributed by atoms with Crippen LogP contribution in [-0.4, -0.2) is 34.7 Å². The summed E-state index contributed by atoms with van der Waals surface area (Å²) in [5, 5.41) is 22.4. The highest BCUT2D eigenvalue weighted by Gasteiger charge is 2.21. The Kier molecular flexibility index (Phi) is 6.19. The highest BCUT2D eigenvalue weighted by molar-refractivity contribution is 6.37. The fraction of sp³-hybridized carbons (Fsp3) is 0.417. The van der Waals surface area contributed by atoms with Crippen molar-refractivity contribution in [2.75, 3.05) is 6.61 Å². The van der Waals surface area contributed by atoms with E-state index in [-0.39, 0.29) is 34.1 Å². The van der Waals surface area contributed by atoms with Gasteiger partial charge in [-0.3, -0.25) is 20.2 Å². The monoisotopic (exact) mass is 336 g/mol. The fourth-order valence-corrected chi connectivity index (χ4v) is 2.13. The normalized spacial score (nSPS) is 12.2. The van der Waals surface area contributed by atoms with Crippen LogP contribution in [0, 0.1) is 10.1 Å². The summed E-state index contributed by atoms with van der Waals surface area (Å²) in [6, 6.07) is 1.17. The Morgan fingerprint density at radius 2 is 1.95 bits per heavy atom. The minimum atomic E-state index is -1.09. The van der Waals surface area contributed by atoms with E-state index in [0.29, 0.717) is 0 Å². The van der Waals surface area contributed by atoms with Crippen LogP contribution in [0.1, 0.15) is 13.8 Å². The summed E-state index contributed by atoms with van der Waals surface area (Å²) in [4.78, 5) is 21.1. The Balaban J connectivity index is 2.88. The van der Waals surface area contributed by atoms with Gasteiger partial charge in [0, 0.05) is 18.2 Å². The van der Waals surface area contributed by atoms with Crippen molar-refractivity contribution in [1.82, 2.24) is 5.32 Å². The van der Waals surface area contributed by atoms with Crippen molar-refractivity contribution in [3.05, 3.63) is 32.3 Å². The van der Waals surface area contributed by atoms with Crippen LogP contribution in [0.25, 0.3) is 0 Å². The molecule has 1 rings (SSSR count). The number of nitro groups is 1. The van der Waals surface area contributed by atoms with E-state index < -0.39 is 16.9 Å². The summed E-state index contributed by atoms with van der Waals surface area (Å²) < 4.78 is 5.30. The van der Waals surface area contributed by atoms with Gasteiger partial charge in [0.05, 0.1) is 15.0 Å². The third-order valence-electron chi connectivity index (χ3n) is 2.42. The van der Waals surface area contributed by atoms with Crippen molar-refractivity contribution in [3.63, 3.8) is 0 Å². The summed E-state index contributed by atoms with van der Waals surface area (Å²) in [7, 11) is 0. The Labute approximate surface area is 130 Å². The van der Waals surface area contributed by atoms with E-state index in [9.17, 15) is 14.9 Å². The minimum Gasteiger partial charge on any atom is -0.488 e. The molecule has 0 spiro atoms. The standard InChI is InChI=1S/C12H14Cl2N2O5/c1-6(2)15-10(12(17)18)5-21-11-8(13)3-7(16(19)20)4-9(11)14/h3-4,6,10,15H,5H2,1-2H3,(H,17,18). The Morgan fingerprint density at radius 1 is 1.43 bits per heavy atom. The predicted octanol–water partition coefficient (Wildman–Crippen LogP) is 2.73. The topological polar surface area (TPSA) is 102 Å². The molecule has 0 aromatic heterocycles. The van der Waals surface area contributed by atoms with Crippen molar-refractivity contribution in [1.29, 1.82) is 0 Å². The van der Waals surface area contributed by atoms with Crippen molar-refractivity contribution in [3.8, 4) is 5.75 Å². The zero-order valence-corrected chi connectivity index (χ0v) is 12.8. The van der Waals surface area contributed by atoms with E-state index in [2.05, 4.69) is 5.32 Å². The lowest BCUT2D eigenvalue weighted by atomic mass is 10.2. The third kappa shape index (κ3) is 5.04. The molecule has 0 aliphatic heterocycles. The average Bonchev–Trinajstić information content (AvgIpc) is 2.35. The second-order valence-electron chi connectivity index (χ2n) is 4.52. The van der Waals surface area contributed by atoms with Crippen LogP contribution in [-0.2, 0) is 4.79 Å².